The molecule has 0 aliphatic carbocycles. The van der Waals surface area contributed by atoms with E-state index in [1.165, 1.54) is 17.4 Å². The lowest BCUT2D eigenvalue weighted by atomic mass is 10.1. The number of rotatable bonds is 4. The van der Waals surface area contributed by atoms with E-state index in [0.717, 1.165) is 26.1 Å². The maximum absolute atomic E-state index is 12.8. The maximum Gasteiger partial charge on any atom is 0.416 e. The van der Waals surface area contributed by atoms with Crippen molar-refractivity contribution in [2.24, 2.45) is 0 Å². The molecule has 0 unspecified atom stereocenters. The highest BCUT2D eigenvalue weighted by atomic mass is 79.9. The van der Waals surface area contributed by atoms with Crippen LogP contribution in [0.3, 0.4) is 0 Å². The monoisotopic (exact) mass is 521 g/mol. The summed E-state index contributed by atoms with van der Waals surface area (Å²) in [6.45, 7) is 1.94. The molecule has 0 saturated heterocycles. The fraction of sp³-hybridized carbons (Fsp3) is 0.176. The van der Waals surface area contributed by atoms with E-state index in [2.05, 4.69) is 42.3 Å². The molecule has 1 aromatic carbocycles. The van der Waals surface area contributed by atoms with Gasteiger partial charge in [-0.1, -0.05) is 12.1 Å². The highest BCUT2D eigenvalue weighted by Crippen LogP contribution is 2.33. The molecule has 0 spiro atoms. The number of nitrogens with one attached hydrogen (secondary N) is 1. The summed E-state index contributed by atoms with van der Waals surface area (Å²) in [6, 6.07) is 8.46. The van der Waals surface area contributed by atoms with Crippen molar-refractivity contribution in [3.63, 3.8) is 0 Å². The molecule has 4 nitrogen and oxygen atoms in total. The Hall–Kier alpha value is -1.65. The summed E-state index contributed by atoms with van der Waals surface area (Å²) in [6.07, 6.45) is -4.39. The van der Waals surface area contributed by atoms with Crippen LogP contribution < -0.4 is 5.32 Å². The number of anilines is 1. The number of halogens is 5. The number of hydrogen-bond acceptors (Lipinski definition) is 3. The molecule has 0 saturated carbocycles. The second-order valence-electron chi connectivity index (χ2n) is 5.71. The SMILES string of the molecule is Cc1cc(NC(=O)c2cc(Br)c(Br)s2)nn1Cc1cccc(C(F)(F)F)c1. The van der Waals surface area contributed by atoms with Gasteiger partial charge in [0.1, 0.15) is 0 Å². The van der Waals surface area contributed by atoms with Crippen molar-refractivity contribution in [2.45, 2.75) is 19.6 Å². The summed E-state index contributed by atoms with van der Waals surface area (Å²) in [5.74, 6) is 0.0280. The second-order valence-corrected chi connectivity index (χ2v) is 8.94. The number of nitrogens with zero attached hydrogens (tertiary/aromatic N) is 2. The normalized spacial score (nSPS) is 11.6. The zero-order chi connectivity index (χ0) is 19.8. The summed E-state index contributed by atoms with van der Waals surface area (Å²) in [5, 5.41) is 6.98. The summed E-state index contributed by atoms with van der Waals surface area (Å²) < 4.78 is 41.7. The third-order valence-electron chi connectivity index (χ3n) is 3.68. The van der Waals surface area contributed by atoms with Crippen LogP contribution in [-0.2, 0) is 12.7 Å². The predicted octanol–water partition coefficient (Wildman–Crippen LogP) is 6.10. The number of carbonyl (C=O) groups excluding carboxylic acids is 1. The number of alkyl halides is 3. The lowest BCUT2D eigenvalue weighted by Crippen LogP contribution is -2.12. The molecule has 0 radical (unpaired) electrons. The number of hydrogen-bond donors (Lipinski definition) is 1. The van der Waals surface area contributed by atoms with Crippen LogP contribution in [0.25, 0.3) is 0 Å². The smallest absolute Gasteiger partial charge is 0.304 e. The maximum atomic E-state index is 12.8. The predicted molar refractivity (Wildman–Crippen MR) is 105 cm³/mol. The lowest BCUT2D eigenvalue weighted by Gasteiger charge is -2.09. The van der Waals surface area contributed by atoms with Gasteiger partial charge in [-0.3, -0.25) is 9.48 Å². The number of thiophene rings is 1. The molecule has 1 amide bonds. The van der Waals surface area contributed by atoms with Crippen LogP contribution in [0.4, 0.5) is 19.0 Å². The summed E-state index contributed by atoms with van der Waals surface area (Å²) in [4.78, 5) is 12.8. The third kappa shape index (κ3) is 4.80. The molecule has 3 rings (SSSR count). The summed E-state index contributed by atoms with van der Waals surface area (Å²) in [5.41, 5.74) is 0.489. The molecule has 27 heavy (non-hydrogen) atoms. The van der Waals surface area contributed by atoms with Crippen LogP contribution in [0.2, 0.25) is 0 Å². The van der Waals surface area contributed by atoms with Gasteiger partial charge in [0.25, 0.3) is 5.91 Å². The Morgan fingerprint density at radius 1 is 1.26 bits per heavy atom. The fourth-order valence-corrected chi connectivity index (χ4v) is 4.32. The topological polar surface area (TPSA) is 46.9 Å². The standard InChI is InChI=1S/C17H12Br2F3N3OS/c1-9-5-14(23-16(26)13-7-12(18)15(19)27-13)24-25(9)8-10-3-2-4-11(6-10)17(20,21)22/h2-7H,8H2,1H3,(H,23,24,26). The number of aromatic nitrogens is 2. The van der Waals surface area contributed by atoms with Gasteiger partial charge in [0.15, 0.2) is 5.82 Å². The van der Waals surface area contributed by atoms with E-state index < -0.39 is 11.7 Å². The number of benzene rings is 1. The Morgan fingerprint density at radius 3 is 2.63 bits per heavy atom. The van der Waals surface area contributed by atoms with Gasteiger partial charge in [0.05, 0.1) is 20.8 Å². The number of carbonyl (C=O) groups is 1. The quantitative estimate of drug-likeness (QED) is 0.450. The molecule has 3 aromatic rings. The fourth-order valence-electron chi connectivity index (χ4n) is 2.39. The zero-order valence-corrected chi connectivity index (χ0v) is 17.8. The van der Waals surface area contributed by atoms with Crippen molar-refractivity contribution in [3.05, 3.63) is 66.4 Å². The van der Waals surface area contributed by atoms with Crippen LogP contribution in [0.15, 0.2) is 44.7 Å². The van der Waals surface area contributed by atoms with Crippen LogP contribution in [0.1, 0.15) is 26.5 Å². The van der Waals surface area contributed by atoms with Gasteiger partial charge in [-0.15, -0.1) is 11.3 Å². The average molecular weight is 523 g/mol. The molecule has 0 atom stereocenters. The third-order valence-corrected chi connectivity index (χ3v) is 6.93. The van der Waals surface area contributed by atoms with Crippen molar-refractivity contribution in [2.75, 3.05) is 5.32 Å². The van der Waals surface area contributed by atoms with Gasteiger partial charge >= 0.3 is 6.18 Å². The van der Waals surface area contributed by atoms with Crippen LogP contribution in [0.5, 0.6) is 0 Å². The highest BCUT2D eigenvalue weighted by molar-refractivity contribution is 9.13. The van der Waals surface area contributed by atoms with Gasteiger partial charge in [-0.2, -0.15) is 18.3 Å². The lowest BCUT2D eigenvalue weighted by molar-refractivity contribution is -0.137. The van der Waals surface area contributed by atoms with E-state index in [-0.39, 0.29) is 12.5 Å². The number of aryl methyl sites for hydroxylation is 1. The summed E-state index contributed by atoms with van der Waals surface area (Å²) >= 11 is 7.94. The first-order valence-corrected chi connectivity index (χ1v) is 10.0. The van der Waals surface area contributed by atoms with E-state index in [9.17, 15) is 18.0 Å². The number of amides is 1. The Kier molecular flexibility index (Phi) is 5.78. The minimum Gasteiger partial charge on any atom is -0.304 e. The second kappa shape index (κ2) is 7.76. The molecule has 10 heteroatoms. The molecule has 0 aliphatic rings. The van der Waals surface area contributed by atoms with Gasteiger partial charge in [-0.25, -0.2) is 0 Å². The molecular formula is C17H12Br2F3N3OS. The van der Waals surface area contributed by atoms with Gasteiger partial charge in [0, 0.05) is 16.2 Å². The first-order valence-electron chi connectivity index (χ1n) is 7.60. The van der Waals surface area contributed by atoms with Gasteiger partial charge in [0.2, 0.25) is 0 Å². The van der Waals surface area contributed by atoms with Crippen LogP contribution in [0, 0.1) is 6.92 Å². The molecule has 0 aliphatic heterocycles. The van der Waals surface area contributed by atoms with Crippen molar-refractivity contribution in [3.8, 4) is 0 Å². The zero-order valence-electron chi connectivity index (χ0n) is 13.8. The van der Waals surface area contributed by atoms with E-state index in [1.54, 1.807) is 29.8 Å². The Labute approximate surface area is 173 Å². The highest BCUT2D eigenvalue weighted by Gasteiger charge is 2.30. The van der Waals surface area contributed by atoms with E-state index in [1.807, 2.05) is 0 Å². The van der Waals surface area contributed by atoms with Crippen molar-refractivity contribution in [1.82, 2.24) is 9.78 Å². The average Bonchev–Trinajstić information content (AvgIpc) is 3.09. The summed E-state index contributed by atoms with van der Waals surface area (Å²) in [7, 11) is 0. The molecule has 0 bridgehead atoms. The van der Waals surface area contributed by atoms with Crippen LogP contribution in [-0.4, -0.2) is 15.7 Å². The minimum atomic E-state index is -4.39. The molecule has 2 aromatic heterocycles. The largest absolute Gasteiger partial charge is 0.416 e. The van der Waals surface area contributed by atoms with E-state index >= 15 is 0 Å². The Bertz CT molecular complexity index is 978. The van der Waals surface area contributed by atoms with Gasteiger partial charge in [-0.05, 0) is 62.5 Å². The molecular weight excluding hydrogens is 511 g/mol. The van der Waals surface area contributed by atoms with Crippen molar-refractivity contribution < 1.29 is 18.0 Å². The first-order chi connectivity index (χ1) is 12.6. The Morgan fingerprint density at radius 2 is 2.00 bits per heavy atom. The van der Waals surface area contributed by atoms with Crippen molar-refractivity contribution in [1.29, 1.82) is 0 Å². The molecule has 142 valence electrons. The first kappa shape index (κ1) is 20.1. The molecule has 2 heterocycles. The molecule has 0 fully saturated rings. The Balaban J connectivity index is 1.76. The van der Waals surface area contributed by atoms with E-state index in [4.69, 9.17) is 0 Å². The van der Waals surface area contributed by atoms with Crippen molar-refractivity contribution >= 4 is 54.9 Å². The van der Waals surface area contributed by atoms with Gasteiger partial charge < -0.3 is 5.32 Å². The van der Waals surface area contributed by atoms with E-state index in [0.29, 0.717) is 16.3 Å². The minimum absolute atomic E-state index is 0.168. The van der Waals surface area contributed by atoms with Crippen LogP contribution >= 0.6 is 43.2 Å². The molecule has 1 N–H and O–H groups in total.